The van der Waals surface area contributed by atoms with Gasteiger partial charge >= 0.3 is 0 Å². The molecule has 0 aliphatic rings. The number of benzene rings is 3. The first kappa shape index (κ1) is 19.6. The Labute approximate surface area is 173 Å². The van der Waals surface area contributed by atoms with Crippen molar-refractivity contribution in [3.8, 4) is 11.4 Å². The van der Waals surface area contributed by atoms with Gasteiger partial charge in [0.15, 0.2) is 0 Å². The number of hydrogen-bond donors (Lipinski definition) is 1. The van der Waals surface area contributed by atoms with E-state index in [4.69, 9.17) is 4.74 Å². The molecule has 0 aliphatic carbocycles. The molecule has 0 bridgehead atoms. The zero-order valence-corrected chi connectivity index (χ0v) is 16.7. The van der Waals surface area contributed by atoms with Gasteiger partial charge < -0.3 is 10.1 Å². The van der Waals surface area contributed by atoms with Crippen LogP contribution in [-0.2, 0) is 0 Å². The molecule has 0 radical (unpaired) electrons. The Kier molecular flexibility index (Phi) is 5.43. The average Bonchev–Trinajstić information content (AvgIpc) is 3.16. The van der Waals surface area contributed by atoms with E-state index in [1.165, 1.54) is 16.9 Å². The van der Waals surface area contributed by atoms with Crippen LogP contribution in [0.25, 0.3) is 16.7 Å². The highest BCUT2D eigenvalue weighted by Crippen LogP contribution is 2.23. The van der Waals surface area contributed by atoms with Gasteiger partial charge in [-0.25, -0.2) is 4.39 Å². The molecule has 0 spiro atoms. The molecule has 152 valence electrons. The Balaban J connectivity index is 1.55. The Morgan fingerprint density at radius 2 is 1.70 bits per heavy atom. The lowest BCUT2D eigenvalue weighted by molar-refractivity contribution is 0.102. The molecule has 3 aromatic carbocycles. The Morgan fingerprint density at radius 1 is 1.03 bits per heavy atom. The lowest BCUT2D eigenvalue weighted by atomic mass is 10.1. The number of carbonyl (C=O) groups excluding carboxylic acids is 1. The number of amides is 1. The zero-order chi connectivity index (χ0) is 21.1. The first-order chi connectivity index (χ1) is 14.5. The van der Waals surface area contributed by atoms with Crippen LogP contribution in [0.4, 0.5) is 10.1 Å². The molecule has 4 aromatic rings. The molecular formula is C23H21FN4O2. The topological polar surface area (TPSA) is 69.0 Å². The summed E-state index contributed by atoms with van der Waals surface area (Å²) in [5.41, 5.74) is 4.03. The van der Waals surface area contributed by atoms with Crippen molar-refractivity contribution in [1.29, 1.82) is 0 Å². The van der Waals surface area contributed by atoms with E-state index >= 15 is 0 Å². The number of ether oxygens (including phenoxy) is 1. The highest BCUT2D eigenvalue weighted by atomic mass is 19.1. The molecule has 4 rings (SSSR count). The largest absolute Gasteiger partial charge is 0.494 e. The molecule has 0 saturated heterocycles. The number of nitrogens with zero attached hydrogens (tertiary/aromatic N) is 3. The number of fused-ring (bicyclic) bond motifs is 1. The van der Waals surface area contributed by atoms with Crippen molar-refractivity contribution >= 4 is 22.6 Å². The van der Waals surface area contributed by atoms with Crippen molar-refractivity contribution in [2.45, 2.75) is 20.3 Å². The van der Waals surface area contributed by atoms with E-state index in [1.54, 1.807) is 42.5 Å². The maximum atomic E-state index is 13.2. The van der Waals surface area contributed by atoms with Gasteiger partial charge in [0.05, 0.1) is 12.3 Å². The molecule has 1 heterocycles. The van der Waals surface area contributed by atoms with Crippen LogP contribution in [0.1, 0.15) is 29.3 Å². The van der Waals surface area contributed by atoms with Gasteiger partial charge in [0.25, 0.3) is 5.91 Å². The third kappa shape index (κ3) is 4.15. The van der Waals surface area contributed by atoms with E-state index in [-0.39, 0.29) is 11.7 Å². The van der Waals surface area contributed by atoms with Crippen LogP contribution in [0, 0.1) is 12.7 Å². The monoisotopic (exact) mass is 404 g/mol. The SMILES string of the molecule is CCCOc1ccc(C(=O)Nc2cc3nn(-c4ccc(F)cc4)nc3cc2C)cc1. The molecule has 7 heteroatoms. The highest BCUT2D eigenvalue weighted by molar-refractivity contribution is 6.05. The Bertz CT molecular complexity index is 1180. The predicted molar refractivity (Wildman–Crippen MR) is 114 cm³/mol. The van der Waals surface area contributed by atoms with Crippen molar-refractivity contribution in [2.75, 3.05) is 11.9 Å². The third-order valence-corrected chi connectivity index (χ3v) is 4.62. The molecule has 30 heavy (non-hydrogen) atoms. The van der Waals surface area contributed by atoms with Gasteiger partial charge in [0.1, 0.15) is 22.6 Å². The van der Waals surface area contributed by atoms with Crippen LogP contribution < -0.4 is 10.1 Å². The Hall–Kier alpha value is -3.74. The van der Waals surface area contributed by atoms with Crippen molar-refractivity contribution < 1.29 is 13.9 Å². The minimum absolute atomic E-state index is 0.217. The second kappa shape index (κ2) is 8.32. The molecule has 0 fully saturated rings. The minimum Gasteiger partial charge on any atom is -0.494 e. The summed E-state index contributed by atoms with van der Waals surface area (Å²) in [4.78, 5) is 14.1. The maximum Gasteiger partial charge on any atom is 0.255 e. The zero-order valence-electron chi connectivity index (χ0n) is 16.7. The van der Waals surface area contributed by atoms with E-state index in [0.29, 0.717) is 34.6 Å². The van der Waals surface area contributed by atoms with Gasteiger partial charge in [-0.3, -0.25) is 4.79 Å². The fourth-order valence-corrected chi connectivity index (χ4v) is 3.01. The number of rotatable bonds is 6. The van der Waals surface area contributed by atoms with Gasteiger partial charge in [0.2, 0.25) is 0 Å². The first-order valence-electron chi connectivity index (χ1n) is 9.71. The summed E-state index contributed by atoms with van der Waals surface area (Å²) < 4.78 is 18.7. The second-order valence-corrected chi connectivity index (χ2v) is 6.95. The third-order valence-electron chi connectivity index (χ3n) is 4.62. The number of carbonyl (C=O) groups is 1. The highest BCUT2D eigenvalue weighted by Gasteiger charge is 2.12. The number of halogens is 1. The van der Waals surface area contributed by atoms with Crippen molar-refractivity contribution in [3.05, 3.63) is 77.6 Å². The summed E-state index contributed by atoms with van der Waals surface area (Å²) in [5.74, 6) is 0.204. The molecule has 1 N–H and O–H groups in total. The average molecular weight is 404 g/mol. The van der Waals surface area contributed by atoms with E-state index in [9.17, 15) is 9.18 Å². The number of nitrogens with one attached hydrogen (secondary N) is 1. The summed E-state index contributed by atoms with van der Waals surface area (Å²) in [7, 11) is 0. The summed E-state index contributed by atoms with van der Waals surface area (Å²) in [6.07, 6.45) is 0.926. The second-order valence-electron chi connectivity index (χ2n) is 6.95. The van der Waals surface area contributed by atoms with E-state index in [0.717, 1.165) is 17.7 Å². The fraction of sp³-hybridized carbons (Fsp3) is 0.174. The van der Waals surface area contributed by atoms with Crippen LogP contribution in [0.3, 0.4) is 0 Å². The van der Waals surface area contributed by atoms with Gasteiger partial charge in [-0.05, 0) is 79.6 Å². The summed E-state index contributed by atoms with van der Waals surface area (Å²) >= 11 is 0. The van der Waals surface area contributed by atoms with Crippen molar-refractivity contribution in [2.24, 2.45) is 0 Å². The molecule has 1 aromatic heterocycles. The molecule has 6 nitrogen and oxygen atoms in total. The van der Waals surface area contributed by atoms with E-state index in [2.05, 4.69) is 15.5 Å². The number of aromatic nitrogens is 3. The van der Waals surface area contributed by atoms with Gasteiger partial charge in [0, 0.05) is 11.3 Å². The van der Waals surface area contributed by atoms with Crippen LogP contribution >= 0.6 is 0 Å². The summed E-state index contributed by atoms with van der Waals surface area (Å²) in [6, 6.07) is 16.6. The van der Waals surface area contributed by atoms with Gasteiger partial charge in [-0.2, -0.15) is 4.80 Å². The van der Waals surface area contributed by atoms with Crippen LogP contribution in [0.15, 0.2) is 60.7 Å². The fourth-order valence-electron chi connectivity index (χ4n) is 3.01. The molecule has 1 amide bonds. The standard InChI is InChI=1S/C23H21FN4O2/c1-3-12-30-19-10-4-16(5-11-19)23(29)25-20-14-22-21(13-15(20)2)26-28(27-22)18-8-6-17(24)7-9-18/h4-11,13-14H,3,12H2,1-2H3,(H,25,29). The first-order valence-corrected chi connectivity index (χ1v) is 9.71. The molecule has 0 saturated carbocycles. The number of aryl methyl sites for hydroxylation is 1. The van der Waals surface area contributed by atoms with Crippen LogP contribution in [-0.4, -0.2) is 27.5 Å². The summed E-state index contributed by atoms with van der Waals surface area (Å²) in [5, 5.41) is 11.8. The van der Waals surface area contributed by atoms with Crippen molar-refractivity contribution in [3.63, 3.8) is 0 Å². The minimum atomic E-state index is -0.318. The maximum absolute atomic E-state index is 13.2. The summed E-state index contributed by atoms with van der Waals surface area (Å²) in [6.45, 7) is 4.58. The quantitative estimate of drug-likeness (QED) is 0.496. The number of anilines is 1. The predicted octanol–water partition coefficient (Wildman–Crippen LogP) is 4.91. The molecule has 0 aliphatic heterocycles. The van der Waals surface area contributed by atoms with Crippen molar-refractivity contribution in [1.82, 2.24) is 15.0 Å². The van der Waals surface area contributed by atoms with E-state index < -0.39 is 0 Å². The number of hydrogen-bond acceptors (Lipinski definition) is 4. The molecular weight excluding hydrogens is 383 g/mol. The van der Waals surface area contributed by atoms with Crippen LogP contribution in [0.5, 0.6) is 5.75 Å². The lowest BCUT2D eigenvalue weighted by Gasteiger charge is -2.09. The van der Waals surface area contributed by atoms with Gasteiger partial charge in [-0.1, -0.05) is 6.92 Å². The van der Waals surface area contributed by atoms with Gasteiger partial charge in [-0.15, -0.1) is 10.2 Å². The molecule has 0 atom stereocenters. The van der Waals surface area contributed by atoms with E-state index in [1.807, 2.05) is 19.9 Å². The lowest BCUT2D eigenvalue weighted by Crippen LogP contribution is -2.12. The van der Waals surface area contributed by atoms with Crippen LogP contribution in [0.2, 0.25) is 0 Å². The smallest absolute Gasteiger partial charge is 0.255 e. The molecule has 0 unspecified atom stereocenters. The normalized spacial score (nSPS) is 10.9. The Morgan fingerprint density at radius 3 is 2.37 bits per heavy atom.